The molecule has 30 heavy (non-hydrogen) atoms. The summed E-state index contributed by atoms with van der Waals surface area (Å²) in [6.45, 7) is 3.93. The quantitative estimate of drug-likeness (QED) is 0.441. The van der Waals surface area contributed by atoms with Gasteiger partial charge in [-0.15, -0.1) is 0 Å². The topological polar surface area (TPSA) is 94.7 Å². The Balaban J connectivity index is 1.41. The maximum Gasteiger partial charge on any atom is 0.321 e. The number of halogens is 1. The Kier molecular flexibility index (Phi) is 8.94. The van der Waals surface area contributed by atoms with E-state index in [2.05, 4.69) is 49.0 Å². The first-order chi connectivity index (χ1) is 14.3. The highest BCUT2D eigenvalue weighted by Crippen LogP contribution is 2.29. The van der Waals surface area contributed by atoms with Gasteiger partial charge in [0.05, 0.1) is 12.0 Å². The van der Waals surface area contributed by atoms with Crippen LogP contribution in [0.2, 0.25) is 0 Å². The largest absolute Gasteiger partial charge is 0.346 e. The van der Waals surface area contributed by atoms with Crippen LogP contribution in [0.3, 0.4) is 0 Å². The van der Waals surface area contributed by atoms with Gasteiger partial charge < -0.3 is 15.0 Å². The van der Waals surface area contributed by atoms with E-state index >= 15 is 0 Å². The minimum atomic E-state index is -0.362. The molecule has 3 fully saturated rings. The minimum Gasteiger partial charge on any atom is -0.346 e. The standard InChI is InChI=1S/C21H38BrN5O3/c1-13-10-15(8-9-18(13)30-21-23-11-14(22)12-24-21)25-20(29)26-19(28)16-6-4-5-7-17(16)27(2)3/h13-18,21,23-24H,4-12H2,1-3H3,(H2,25,26,28,29). The monoisotopic (exact) mass is 487 g/mol. The van der Waals surface area contributed by atoms with Gasteiger partial charge in [-0.25, -0.2) is 4.79 Å². The molecule has 172 valence electrons. The van der Waals surface area contributed by atoms with E-state index in [9.17, 15) is 9.59 Å². The molecule has 9 heteroatoms. The first kappa shape index (κ1) is 23.9. The van der Waals surface area contributed by atoms with Crippen molar-refractivity contribution in [2.45, 2.75) is 81.2 Å². The van der Waals surface area contributed by atoms with Crippen molar-refractivity contribution in [2.75, 3.05) is 27.2 Å². The SMILES string of the molecule is CC1CC(NC(=O)NC(=O)C2CCCCC2N(C)C)CCC1OC1NCC(Br)CN1. The molecule has 3 rings (SSSR count). The van der Waals surface area contributed by atoms with Crippen LogP contribution in [0.15, 0.2) is 0 Å². The van der Waals surface area contributed by atoms with E-state index in [0.717, 1.165) is 58.0 Å². The number of rotatable bonds is 5. The van der Waals surface area contributed by atoms with Crippen LogP contribution in [0.5, 0.6) is 0 Å². The second-order valence-corrected chi connectivity index (χ2v) is 10.6. The van der Waals surface area contributed by atoms with Gasteiger partial charge in [-0.1, -0.05) is 35.7 Å². The van der Waals surface area contributed by atoms with Gasteiger partial charge in [-0.05, 0) is 52.1 Å². The van der Waals surface area contributed by atoms with Gasteiger partial charge in [0.25, 0.3) is 0 Å². The number of carbonyl (C=O) groups excluding carboxylic acids is 2. The molecule has 0 aromatic rings. The zero-order chi connectivity index (χ0) is 21.7. The first-order valence-electron chi connectivity index (χ1n) is 11.4. The Bertz CT molecular complexity index is 585. The van der Waals surface area contributed by atoms with E-state index < -0.39 is 0 Å². The van der Waals surface area contributed by atoms with Crippen LogP contribution >= 0.6 is 15.9 Å². The van der Waals surface area contributed by atoms with Crippen molar-refractivity contribution in [3.63, 3.8) is 0 Å². The number of carbonyl (C=O) groups is 2. The van der Waals surface area contributed by atoms with Crippen molar-refractivity contribution in [1.29, 1.82) is 0 Å². The van der Waals surface area contributed by atoms with Crippen molar-refractivity contribution in [2.24, 2.45) is 11.8 Å². The zero-order valence-electron chi connectivity index (χ0n) is 18.5. The molecule has 3 amide bonds. The molecule has 2 saturated carbocycles. The molecule has 1 heterocycles. The lowest BCUT2D eigenvalue weighted by molar-refractivity contribution is -0.127. The molecular formula is C21H38BrN5O3. The molecule has 5 atom stereocenters. The van der Waals surface area contributed by atoms with Crippen LogP contribution in [-0.4, -0.2) is 73.4 Å². The van der Waals surface area contributed by atoms with E-state index in [4.69, 9.17) is 4.74 Å². The van der Waals surface area contributed by atoms with Crippen molar-refractivity contribution >= 4 is 27.9 Å². The average Bonchev–Trinajstić information content (AvgIpc) is 2.71. The molecule has 1 aliphatic heterocycles. The van der Waals surface area contributed by atoms with Gasteiger partial charge in [0.1, 0.15) is 0 Å². The molecule has 0 spiro atoms. The molecule has 2 aliphatic carbocycles. The smallest absolute Gasteiger partial charge is 0.321 e. The summed E-state index contributed by atoms with van der Waals surface area (Å²) in [6.07, 6.45) is 6.69. The normalized spacial score (nSPS) is 37.6. The van der Waals surface area contributed by atoms with Crippen molar-refractivity contribution < 1.29 is 14.3 Å². The molecular weight excluding hydrogens is 450 g/mol. The highest BCUT2D eigenvalue weighted by atomic mass is 79.9. The second-order valence-electron chi connectivity index (χ2n) is 9.34. The first-order valence-corrected chi connectivity index (χ1v) is 12.3. The molecule has 0 radical (unpaired) electrons. The summed E-state index contributed by atoms with van der Waals surface area (Å²) in [7, 11) is 4.02. The van der Waals surface area contributed by atoms with Crippen LogP contribution in [0.1, 0.15) is 51.9 Å². The van der Waals surface area contributed by atoms with Gasteiger partial charge in [0.15, 0.2) is 6.35 Å². The maximum atomic E-state index is 12.7. The number of hydrogen-bond acceptors (Lipinski definition) is 6. The zero-order valence-corrected chi connectivity index (χ0v) is 20.0. The molecule has 8 nitrogen and oxygen atoms in total. The summed E-state index contributed by atoms with van der Waals surface area (Å²) in [5.41, 5.74) is 0. The lowest BCUT2D eigenvalue weighted by Gasteiger charge is -2.38. The Morgan fingerprint density at radius 3 is 2.43 bits per heavy atom. The van der Waals surface area contributed by atoms with Gasteiger partial charge in [0, 0.05) is 30.0 Å². The van der Waals surface area contributed by atoms with Crippen LogP contribution in [0.4, 0.5) is 4.79 Å². The third-order valence-electron chi connectivity index (χ3n) is 6.75. The minimum absolute atomic E-state index is 0.0721. The van der Waals surface area contributed by atoms with E-state index in [1.807, 2.05) is 14.1 Å². The van der Waals surface area contributed by atoms with E-state index in [1.165, 1.54) is 0 Å². The number of alkyl halides is 1. The van der Waals surface area contributed by atoms with Crippen LogP contribution in [0.25, 0.3) is 0 Å². The summed E-state index contributed by atoms with van der Waals surface area (Å²) in [5, 5.41) is 12.3. The highest BCUT2D eigenvalue weighted by molar-refractivity contribution is 9.09. The number of nitrogens with one attached hydrogen (secondary N) is 4. The Labute approximate surface area is 188 Å². The molecule has 0 aromatic carbocycles. The molecule has 0 aromatic heterocycles. The fourth-order valence-corrected chi connectivity index (χ4v) is 5.42. The summed E-state index contributed by atoms with van der Waals surface area (Å²) >= 11 is 3.58. The third-order valence-corrected chi connectivity index (χ3v) is 7.40. The molecule has 0 bridgehead atoms. The average molecular weight is 488 g/mol. The van der Waals surface area contributed by atoms with E-state index in [1.54, 1.807) is 0 Å². The van der Waals surface area contributed by atoms with Crippen molar-refractivity contribution in [3.05, 3.63) is 0 Å². The van der Waals surface area contributed by atoms with Gasteiger partial charge in [-0.2, -0.15) is 0 Å². The Morgan fingerprint density at radius 2 is 1.77 bits per heavy atom. The number of urea groups is 1. The maximum absolute atomic E-state index is 12.7. The molecule has 3 aliphatic rings. The molecule has 5 unspecified atom stereocenters. The number of nitrogens with zero attached hydrogens (tertiary/aromatic N) is 1. The third kappa shape index (κ3) is 6.63. The number of ether oxygens (including phenoxy) is 1. The predicted molar refractivity (Wildman–Crippen MR) is 120 cm³/mol. The van der Waals surface area contributed by atoms with Crippen molar-refractivity contribution in [3.8, 4) is 0 Å². The van der Waals surface area contributed by atoms with Crippen LogP contribution < -0.4 is 21.3 Å². The number of hydrogen-bond donors (Lipinski definition) is 4. The van der Waals surface area contributed by atoms with E-state index in [0.29, 0.717) is 10.7 Å². The summed E-state index contributed by atoms with van der Waals surface area (Å²) in [4.78, 5) is 27.7. The van der Waals surface area contributed by atoms with Gasteiger partial charge in [0.2, 0.25) is 5.91 Å². The van der Waals surface area contributed by atoms with E-state index in [-0.39, 0.29) is 42.4 Å². The Hall–Kier alpha value is -0.740. The highest BCUT2D eigenvalue weighted by Gasteiger charge is 2.35. The van der Waals surface area contributed by atoms with Crippen molar-refractivity contribution in [1.82, 2.24) is 26.2 Å². The summed E-state index contributed by atoms with van der Waals surface area (Å²) < 4.78 is 6.19. The second kappa shape index (κ2) is 11.2. The lowest BCUT2D eigenvalue weighted by Crippen LogP contribution is -2.57. The number of amides is 3. The molecule has 1 saturated heterocycles. The predicted octanol–water partition coefficient (Wildman–Crippen LogP) is 1.75. The fraction of sp³-hybridized carbons (Fsp3) is 0.905. The summed E-state index contributed by atoms with van der Waals surface area (Å²) in [5.74, 6) is 0.0780. The van der Waals surface area contributed by atoms with Gasteiger partial charge in [-0.3, -0.25) is 20.7 Å². The lowest BCUT2D eigenvalue weighted by atomic mass is 9.83. The van der Waals surface area contributed by atoms with Crippen LogP contribution in [-0.2, 0) is 9.53 Å². The van der Waals surface area contributed by atoms with Crippen LogP contribution in [0, 0.1) is 11.8 Å². The van der Waals surface area contributed by atoms with Gasteiger partial charge >= 0.3 is 6.03 Å². The Morgan fingerprint density at radius 1 is 1.07 bits per heavy atom. The fourth-order valence-electron chi connectivity index (χ4n) is 5.05. The summed E-state index contributed by atoms with van der Waals surface area (Å²) in [6, 6.07) is -0.0811. The number of imide groups is 1. The molecule has 4 N–H and O–H groups in total.